The maximum atomic E-state index is 13.6. The van der Waals surface area contributed by atoms with E-state index in [2.05, 4.69) is 4.90 Å². The average Bonchev–Trinajstić information content (AvgIpc) is 3.15. The molecule has 0 saturated carbocycles. The zero-order valence-electron chi connectivity index (χ0n) is 18.5. The first kappa shape index (κ1) is 22.8. The number of sulfone groups is 2. The molecule has 0 N–H and O–H groups in total. The van der Waals surface area contributed by atoms with Crippen molar-refractivity contribution in [3.05, 3.63) is 59.4 Å². The predicted molar refractivity (Wildman–Crippen MR) is 127 cm³/mol. The lowest BCUT2D eigenvalue weighted by molar-refractivity contribution is 0.201. The topological polar surface area (TPSA) is 74.8 Å². The molecule has 33 heavy (non-hydrogen) atoms. The first-order valence-electron chi connectivity index (χ1n) is 11.5. The van der Waals surface area contributed by atoms with Crippen LogP contribution in [-0.2, 0) is 32.5 Å². The van der Waals surface area contributed by atoms with Crippen LogP contribution < -0.4 is 4.90 Å². The molecule has 3 aliphatic rings. The summed E-state index contributed by atoms with van der Waals surface area (Å²) in [6, 6.07) is 11.1. The van der Waals surface area contributed by atoms with E-state index < -0.39 is 31.0 Å². The van der Waals surface area contributed by atoms with Crippen molar-refractivity contribution in [1.82, 2.24) is 4.90 Å². The van der Waals surface area contributed by atoms with Crippen molar-refractivity contribution in [2.24, 2.45) is 0 Å². The van der Waals surface area contributed by atoms with Gasteiger partial charge in [0.25, 0.3) is 0 Å². The highest BCUT2D eigenvalue weighted by Crippen LogP contribution is 2.32. The van der Waals surface area contributed by atoms with Gasteiger partial charge in [0, 0.05) is 37.9 Å². The number of halogens is 1. The summed E-state index contributed by atoms with van der Waals surface area (Å²) in [6.07, 6.45) is 4.01. The largest absolute Gasteiger partial charge is 0.369 e. The van der Waals surface area contributed by atoms with Gasteiger partial charge in [0.15, 0.2) is 19.7 Å². The number of fused-ring (bicyclic) bond motifs is 1. The summed E-state index contributed by atoms with van der Waals surface area (Å²) in [5.41, 5.74) is 3.19. The Hall–Kier alpha value is -1.97. The van der Waals surface area contributed by atoms with Crippen LogP contribution in [0.3, 0.4) is 0 Å². The van der Waals surface area contributed by atoms with E-state index in [1.54, 1.807) is 24.3 Å². The van der Waals surface area contributed by atoms with Crippen molar-refractivity contribution in [2.45, 2.75) is 41.9 Å². The first-order valence-corrected chi connectivity index (χ1v) is 14.9. The van der Waals surface area contributed by atoms with Crippen LogP contribution in [0.1, 0.15) is 24.0 Å². The molecule has 2 atom stereocenters. The summed E-state index contributed by atoms with van der Waals surface area (Å²) in [4.78, 5) is 4.39. The molecule has 6 nitrogen and oxygen atoms in total. The fourth-order valence-corrected chi connectivity index (χ4v) is 10.3. The van der Waals surface area contributed by atoms with Crippen LogP contribution >= 0.6 is 0 Å². The molecule has 2 aliphatic heterocycles. The second-order valence-electron chi connectivity index (χ2n) is 9.36. The minimum atomic E-state index is -3.79. The van der Waals surface area contributed by atoms with Gasteiger partial charge in [-0.2, -0.15) is 0 Å². The Labute approximate surface area is 195 Å². The Kier molecular flexibility index (Phi) is 5.99. The molecule has 178 valence electrons. The summed E-state index contributed by atoms with van der Waals surface area (Å²) in [5, 5.41) is -0.957. The minimum absolute atomic E-state index is 0.127. The number of rotatable bonds is 4. The van der Waals surface area contributed by atoms with E-state index in [-0.39, 0.29) is 22.2 Å². The highest BCUT2D eigenvalue weighted by atomic mass is 32.2. The molecule has 2 saturated heterocycles. The summed E-state index contributed by atoms with van der Waals surface area (Å²) in [6.45, 7) is 2.39. The first-order chi connectivity index (χ1) is 15.7. The average molecular weight is 493 g/mol. The van der Waals surface area contributed by atoms with Crippen molar-refractivity contribution in [2.75, 3.05) is 42.6 Å². The quantitative estimate of drug-likeness (QED) is 0.653. The number of hydrogen-bond donors (Lipinski definition) is 0. The molecule has 2 heterocycles. The number of nitrogens with zero attached hydrogens (tertiary/aromatic N) is 2. The molecule has 1 aliphatic carbocycles. The maximum absolute atomic E-state index is 13.6. The number of hydrogen-bond acceptors (Lipinski definition) is 6. The van der Waals surface area contributed by atoms with E-state index >= 15 is 0 Å². The van der Waals surface area contributed by atoms with E-state index in [0.29, 0.717) is 26.2 Å². The molecular weight excluding hydrogens is 463 g/mol. The van der Waals surface area contributed by atoms with Gasteiger partial charge in [-0.1, -0.05) is 6.07 Å². The van der Waals surface area contributed by atoms with Gasteiger partial charge in [-0.3, -0.25) is 4.90 Å². The molecule has 9 heteroatoms. The van der Waals surface area contributed by atoms with Gasteiger partial charge >= 0.3 is 0 Å². The third-order valence-electron chi connectivity index (χ3n) is 7.29. The number of benzene rings is 2. The zero-order chi connectivity index (χ0) is 23.2. The van der Waals surface area contributed by atoms with Crippen LogP contribution in [0.2, 0.25) is 0 Å². The van der Waals surface area contributed by atoms with E-state index in [4.69, 9.17) is 0 Å². The fraction of sp³-hybridized carbons (Fsp3) is 0.500. The van der Waals surface area contributed by atoms with Crippen molar-refractivity contribution in [1.29, 1.82) is 0 Å². The molecule has 2 aromatic carbocycles. The standard InChI is InChI=1S/C24H29FN2O4S2/c25-20-6-8-21(9-7-20)26-11-13-27(14-12-26)23-16-32(28,29)17-24(23)33(30,31)22-10-5-18-3-1-2-4-19(18)15-22/h5-10,15,23-24H,1-4,11-14,16-17H2/t23-,24-/m0/s1. The molecule has 0 spiro atoms. The van der Waals surface area contributed by atoms with Crippen molar-refractivity contribution < 1.29 is 21.2 Å². The molecule has 0 unspecified atom stereocenters. The smallest absolute Gasteiger partial charge is 0.183 e. The molecular formula is C24H29FN2O4S2. The van der Waals surface area contributed by atoms with Crippen LogP contribution in [0.15, 0.2) is 47.4 Å². The fourth-order valence-electron chi connectivity index (χ4n) is 5.46. The Morgan fingerprint density at radius 1 is 0.848 bits per heavy atom. The van der Waals surface area contributed by atoms with E-state index in [1.165, 1.54) is 17.7 Å². The predicted octanol–water partition coefficient (Wildman–Crippen LogP) is 2.47. The Balaban J connectivity index is 1.37. The van der Waals surface area contributed by atoms with Crippen LogP contribution in [0, 0.1) is 5.82 Å². The van der Waals surface area contributed by atoms with Crippen LogP contribution in [0.5, 0.6) is 0 Å². The third-order valence-corrected chi connectivity index (χ3v) is 11.4. The van der Waals surface area contributed by atoms with Crippen molar-refractivity contribution >= 4 is 25.4 Å². The molecule has 5 rings (SSSR count). The molecule has 0 amide bonds. The van der Waals surface area contributed by atoms with E-state index in [0.717, 1.165) is 36.9 Å². The van der Waals surface area contributed by atoms with Crippen LogP contribution in [0.25, 0.3) is 0 Å². The lowest BCUT2D eigenvalue weighted by Crippen LogP contribution is -2.55. The Morgan fingerprint density at radius 2 is 1.52 bits per heavy atom. The maximum Gasteiger partial charge on any atom is 0.183 e. The molecule has 2 aromatic rings. The summed E-state index contributed by atoms with van der Waals surface area (Å²) >= 11 is 0. The Bertz CT molecular complexity index is 1240. The van der Waals surface area contributed by atoms with E-state index in [9.17, 15) is 21.2 Å². The van der Waals surface area contributed by atoms with Crippen LogP contribution in [-0.4, -0.2) is 70.7 Å². The third kappa shape index (κ3) is 4.55. The second-order valence-corrected chi connectivity index (χ2v) is 13.7. The normalized spacial score (nSPS) is 25.7. The molecule has 0 bridgehead atoms. The SMILES string of the molecule is O=S1(=O)C[C@H](N2CCN(c3ccc(F)cc3)CC2)[C@@H](S(=O)(=O)c2ccc3c(c2)CCCC3)C1. The summed E-state index contributed by atoms with van der Waals surface area (Å²) in [5.74, 6) is -0.739. The highest BCUT2D eigenvalue weighted by molar-refractivity contribution is 7.96. The van der Waals surface area contributed by atoms with Gasteiger partial charge in [0.2, 0.25) is 0 Å². The lowest BCUT2D eigenvalue weighted by atomic mass is 9.92. The molecule has 0 aromatic heterocycles. The van der Waals surface area contributed by atoms with Gasteiger partial charge in [0.05, 0.1) is 21.7 Å². The van der Waals surface area contributed by atoms with Gasteiger partial charge in [0.1, 0.15) is 5.82 Å². The van der Waals surface area contributed by atoms with E-state index in [1.807, 2.05) is 11.0 Å². The van der Waals surface area contributed by atoms with Gasteiger partial charge in [-0.25, -0.2) is 21.2 Å². The highest BCUT2D eigenvalue weighted by Gasteiger charge is 2.48. The molecule has 0 radical (unpaired) electrons. The molecule has 2 fully saturated rings. The van der Waals surface area contributed by atoms with Crippen molar-refractivity contribution in [3.8, 4) is 0 Å². The number of anilines is 1. The lowest BCUT2D eigenvalue weighted by Gasteiger charge is -2.40. The number of piperazine rings is 1. The number of aryl methyl sites for hydroxylation is 2. The Morgan fingerprint density at radius 3 is 2.21 bits per heavy atom. The summed E-state index contributed by atoms with van der Waals surface area (Å²) < 4.78 is 65.7. The van der Waals surface area contributed by atoms with Gasteiger partial charge in [-0.15, -0.1) is 0 Å². The van der Waals surface area contributed by atoms with Crippen molar-refractivity contribution in [3.63, 3.8) is 0 Å². The van der Waals surface area contributed by atoms with Crippen LogP contribution in [0.4, 0.5) is 10.1 Å². The minimum Gasteiger partial charge on any atom is -0.369 e. The monoisotopic (exact) mass is 492 g/mol. The summed E-state index contributed by atoms with van der Waals surface area (Å²) in [7, 11) is -7.24. The van der Waals surface area contributed by atoms with Gasteiger partial charge < -0.3 is 4.90 Å². The second kappa shape index (κ2) is 8.67. The zero-order valence-corrected chi connectivity index (χ0v) is 20.1. The van der Waals surface area contributed by atoms with Gasteiger partial charge in [-0.05, 0) is 73.2 Å².